The average Bonchev–Trinajstić information content (AvgIpc) is 2.89. The van der Waals surface area contributed by atoms with Crippen LogP contribution in [0.3, 0.4) is 0 Å². The van der Waals surface area contributed by atoms with E-state index in [1.54, 1.807) is 35.2 Å². The van der Waals surface area contributed by atoms with Crippen molar-refractivity contribution < 1.29 is 23.9 Å². The molecule has 1 aliphatic rings. The van der Waals surface area contributed by atoms with E-state index in [1.807, 2.05) is 42.5 Å². The first-order chi connectivity index (χ1) is 17.4. The predicted molar refractivity (Wildman–Crippen MR) is 135 cm³/mol. The molecule has 0 fully saturated rings. The molecule has 0 saturated carbocycles. The summed E-state index contributed by atoms with van der Waals surface area (Å²) < 4.78 is 10.5. The third kappa shape index (κ3) is 5.52. The van der Waals surface area contributed by atoms with Crippen LogP contribution in [-0.4, -0.2) is 37.3 Å². The standard InChI is InChI=1S/C27H26N4O5/c1-35-27(34)21(13-17-5-3-2-4-6-17)26(33)30-20-11-12-22-23(14-20)36-16-24(32)31(22)15-18-7-9-19(10-8-18)25(28)29/h2-12,14,21H,13,15-16H2,1H3,(H3,28,29)(H,30,33). The Morgan fingerprint density at radius 3 is 2.47 bits per heavy atom. The number of hydrogen-bond donors (Lipinski definition) is 3. The maximum Gasteiger partial charge on any atom is 0.318 e. The molecule has 36 heavy (non-hydrogen) atoms. The number of ether oxygens (including phenoxy) is 2. The topological polar surface area (TPSA) is 135 Å². The number of anilines is 2. The van der Waals surface area contributed by atoms with Crippen LogP contribution in [-0.2, 0) is 32.1 Å². The van der Waals surface area contributed by atoms with Gasteiger partial charge in [-0.05, 0) is 29.7 Å². The molecule has 0 bridgehead atoms. The van der Waals surface area contributed by atoms with Crippen LogP contribution in [0.15, 0.2) is 72.8 Å². The summed E-state index contributed by atoms with van der Waals surface area (Å²) in [6.45, 7) is 0.162. The van der Waals surface area contributed by atoms with Crippen molar-refractivity contribution in [3.05, 3.63) is 89.5 Å². The number of amidine groups is 1. The molecule has 1 atom stereocenters. The van der Waals surface area contributed by atoms with E-state index in [0.29, 0.717) is 29.2 Å². The van der Waals surface area contributed by atoms with Crippen molar-refractivity contribution >= 4 is 35.0 Å². The van der Waals surface area contributed by atoms with Gasteiger partial charge in [0, 0.05) is 17.3 Å². The second-order valence-electron chi connectivity index (χ2n) is 8.32. The number of nitrogen functional groups attached to an aromatic ring is 1. The van der Waals surface area contributed by atoms with E-state index >= 15 is 0 Å². The Hall–Kier alpha value is -4.66. The van der Waals surface area contributed by atoms with E-state index in [1.165, 1.54) is 7.11 Å². The highest BCUT2D eigenvalue weighted by Crippen LogP contribution is 2.35. The molecule has 9 heteroatoms. The van der Waals surface area contributed by atoms with Crippen LogP contribution in [0, 0.1) is 11.3 Å². The lowest BCUT2D eigenvalue weighted by Crippen LogP contribution is -2.38. The lowest BCUT2D eigenvalue weighted by Gasteiger charge is -2.30. The second kappa shape index (κ2) is 10.7. The Morgan fingerprint density at radius 2 is 1.81 bits per heavy atom. The van der Waals surface area contributed by atoms with E-state index in [-0.39, 0.29) is 24.8 Å². The van der Waals surface area contributed by atoms with Crippen LogP contribution in [0.2, 0.25) is 0 Å². The van der Waals surface area contributed by atoms with Gasteiger partial charge in [-0.2, -0.15) is 0 Å². The number of carbonyl (C=O) groups excluding carboxylic acids is 3. The zero-order valence-corrected chi connectivity index (χ0v) is 19.7. The smallest absolute Gasteiger partial charge is 0.318 e. The van der Waals surface area contributed by atoms with E-state index in [9.17, 15) is 14.4 Å². The number of amides is 2. The van der Waals surface area contributed by atoms with Gasteiger partial charge in [0.25, 0.3) is 5.91 Å². The van der Waals surface area contributed by atoms with Crippen molar-refractivity contribution in [3.8, 4) is 5.75 Å². The van der Waals surface area contributed by atoms with Gasteiger partial charge in [-0.3, -0.25) is 19.8 Å². The number of fused-ring (bicyclic) bond motifs is 1. The lowest BCUT2D eigenvalue weighted by atomic mass is 9.98. The zero-order chi connectivity index (χ0) is 25.7. The van der Waals surface area contributed by atoms with Gasteiger partial charge in [0.15, 0.2) is 6.61 Å². The minimum atomic E-state index is -1.02. The fourth-order valence-corrected chi connectivity index (χ4v) is 3.93. The van der Waals surface area contributed by atoms with Crippen LogP contribution in [0.25, 0.3) is 0 Å². The van der Waals surface area contributed by atoms with Crippen molar-refractivity contribution in [3.63, 3.8) is 0 Å². The molecule has 4 rings (SSSR count). The first kappa shape index (κ1) is 24.5. The Kier molecular flexibility index (Phi) is 7.29. The summed E-state index contributed by atoms with van der Waals surface area (Å²) in [7, 11) is 1.25. The molecule has 184 valence electrons. The second-order valence-corrected chi connectivity index (χ2v) is 8.32. The normalized spacial score (nSPS) is 13.2. The summed E-state index contributed by atoms with van der Waals surface area (Å²) in [5, 5.41) is 10.3. The largest absolute Gasteiger partial charge is 0.481 e. The van der Waals surface area contributed by atoms with Crippen LogP contribution in [0.4, 0.5) is 11.4 Å². The quantitative estimate of drug-likeness (QED) is 0.194. The summed E-state index contributed by atoms with van der Waals surface area (Å²) in [5.74, 6) is -1.94. The van der Waals surface area contributed by atoms with Crippen LogP contribution in [0.1, 0.15) is 16.7 Å². The van der Waals surface area contributed by atoms with E-state index < -0.39 is 17.8 Å². The van der Waals surface area contributed by atoms with Gasteiger partial charge in [0.05, 0.1) is 19.3 Å². The molecule has 0 saturated heterocycles. The molecule has 4 N–H and O–H groups in total. The van der Waals surface area contributed by atoms with Crippen molar-refractivity contribution in [2.75, 3.05) is 23.9 Å². The third-order valence-electron chi connectivity index (χ3n) is 5.86. The fraction of sp³-hybridized carbons (Fsp3) is 0.185. The van der Waals surface area contributed by atoms with E-state index in [4.69, 9.17) is 20.6 Å². The SMILES string of the molecule is COC(=O)C(Cc1ccccc1)C(=O)Nc1ccc2c(c1)OCC(=O)N2Cc1ccc(C(=N)N)cc1. The van der Waals surface area contributed by atoms with Crippen molar-refractivity contribution in [1.29, 1.82) is 5.41 Å². The molecule has 0 radical (unpaired) electrons. The number of nitrogens with zero attached hydrogens (tertiary/aromatic N) is 1. The number of esters is 1. The maximum atomic E-state index is 13.0. The minimum Gasteiger partial charge on any atom is -0.481 e. The Bertz CT molecular complexity index is 1290. The molecule has 0 aliphatic carbocycles. The van der Waals surface area contributed by atoms with Crippen LogP contribution >= 0.6 is 0 Å². The molecule has 0 spiro atoms. The van der Waals surface area contributed by atoms with Gasteiger partial charge in [0.2, 0.25) is 5.91 Å². The molecule has 2 amide bonds. The summed E-state index contributed by atoms with van der Waals surface area (Å²) in [6, 6.07) is 21.3. The molecule has 1 heterocycles. The van der Waals surface area contributed by atoms with Gasteiger partial charge < -0.3 is 25.4 Å². The van der Waals surface area contributed by atoms with E-state index in [2.05, 4.69) is 5.32 Å². The number of methoxy groups -OCH3 is 1. The molecule has 3 aromatic carbocycles. The van der Waals surface area contributed by atoms with Crippen LogP contribution < -0.4 is 20.7 Å². The average molecular weight is 487 g/mol. The molecule has 1 aliphatic heterocycles. The van der Waals surface area contributed by atoms with E-state index in [0.717, 1.165) is 11.1 Å². The molecule has 9 nitrogen and oxygen atoms in total. The highest BCUT2D eigenvalue weighted by atomic mass is 16.5. The summed E-state index contributed by atoms with van der Waals surface area (Å²) in [4.78, 5) is 39.5. The van der Waals surface area contributed by atoms with Crippen LogP contribution in [0.5, 0.6) is 5.75 Å². The monoisotopic (exact) mass is 486 g/mol. The maximum absolute atomic E-state index is 13.0. The summed E-state index contributed by atoms with van der Waals surface area (Å²) in [6.07, 6.45) is 0.200. The Morgan fingerprint density at radius 1 is 1.08 bits per heavy atom. The molecule has 0 aromatic heterocycles. The van der Waals surface area contributed by atoms with Crippen molar-refractivity contribution in [2.45, 2.75) is 13.0 Å². The highest BCUT2D eigenvalue weighted by Gasteiger charge is 2.29. The lowest BCUT2D eigenvalue weighted by molar-refractivity contribution is -0.148. The number of hydrogen-bond acceptors (Lipinski definition) is 6. The summed E-state index contributed by atoms with van der Waals surface area (Å²) in [5.41, 5.74) is 8.80. The van der Waals surface area contributed by atoms with Gasteiger partial charge in [-0.25, -0.2) is 0 Å². The van der Waals surface area contributed by atoms with Gasteiger partial charge in [-0.1, -0.05) is 54.6 Å². The van der Waals surface area contributed by atoms with Gasteiger partial charge >= 0.3 is 5.97 Å². The molecular formula is C27H26N4O5. The first-order valence-electron chi connectivity index (χ1n) is 11.3. The fourth-order valence-electron chi connectivity index (χ4n) is 3.93. The zero-order valence-electron chi connectivity index (χ0n) is 19.7. The van der Waals surface area contributed by atoms with Gasteiger partial charge in [-0.15, -0.1) is 0 Å². The Labute approximate surface area is 208 Å². The number of nitrogens with two attached hydrogens (primary N) is 1. The third-order valence-corrected chi connectivity index (χ3v) is 5.86. The molecule has 1 unspecified atom stereocenters. The molecule has 3 aromatic rings. The van der Waals surface area contributed by atoms with Crippen molar-refractivity contribution in [1.82, 2.24) is 0 Å². The predicted octanol–water partition coefficient (Wildman–Crippen LogP) is 2.87. The summed E-state index contributed by atoms with van der Waals surface area (Å²) >= 11 is 0. The number of rotatable bonds is 8. The van der Waals surface area contributed by atoms with Gasteiger partial charge in [0.1, 0.15) is 17.5 Å². The minimum absolute atomic E-state index is 0.0258. The van der Waals surface area contributed by atoms with Crippen molar-refractivity contribution in [2.24, 2.45) is 11.7 Å². The highest BCUT2D eigenvalue weighted by molar-refractivity contribution is 6.05. The number of benzene rings is 3. The Balaban J connectivity index is 1.51. The number of carbonyl (C=O) groups is 3. The first-order valence-corrected chi connectivity index (χ1v) is 11.3. The number of nitrogens with one attached hydrogen (secondary N) is 2. The molecular weight excluding hydrogens is 460 g/mol.